The first-order chi connectivity index (χ1) is 12.1. The van der Waals surface area contributed by atoms with Crippen LogP contribution in [0.25, 0.3) is 16.3 Å². The second-order valence-electron chi connectivity index (χ2n) is 6.27. The number of thiazole rings is 1. The molecule has 0 radical (unpaired) electrons. The van der Waals surface area contributed by atoms with Crippen molar-refractivity contribution in [2.75, 3.05) is 0 Å². The summed E-state index contributed by atoms with van der Waals surface area (Å²) in [5.74, 6) is 0.924. The van der Waals surface area contributed by atoms with E-state index < -0.39 is 5.54 Å². The van der Waals surface area contributed by atoms with E-state index in [1.807, 2.05) is 24.3 Å². The maximum atomic E-state index is 12.5. The van der Waals surface area contributed by atoms with Gasteiger partial charge in [0.25, 0.3) is 0 Å². The van der Waals surface area contributed by atoms with Gasteiger partial charge >= 0.3 is 0 Å². The molecule has 0 unspecified atom stereocenters. The molecule has 25 heavy (non-hydrogen) atoms. The van der Waals surface area contributed by atoms with Crippen molar-refractivity contribution in [1.29, 1.82) is 0 Å². The third kappa shape index (κ3) is 3.19. The first-order valence-electron chi connectivity index (χ1n) is 8.31. The molecule has 0 atom stereocenters. The SMILES string of the molecule is Cc1nc(C2(NC(=O)/C=C/c3nc4ccccc4s3)CCCC2)no1. The Balaban J connectivity index is 1.52. The summed E-state index contributed by atoms with van der Waals surface area (Å²) in [7, 11) is 0. The number of nitrogens with zero attached hydrogens (tertiary/aromatic N) is 3. The van der Waals surface area contributed by atoms with Gasteiger partial charge in [-0.25, -0.2) is 4.98 Å². The average Bonchev–Trinajstić information content (AvgIpc) is 3.32. The quantitative estimate of drug-likeness (QED) is 0.724. The second kappa shape index (κ2) is 6.40. The Hall–Kier alpha value is -2.54. The lowest BCUT2D eigenvalue weighted by Crippen LogP contribution is -2.44. The molecule has 1 N–H and O–H groups in total. The van der Waals surface area contributed by atoms with Crippen molar-refractivity contribution in [3.05, 3.63) is 47.1 Å². The van der Waals surface area contributed by atoms with Crippen LogP contribution in [0.15, 0.2) is 34.9 Å². The number of rotatable bonds is 4. The zero-order chi connectivity index (χ0) is 17.3. The summed E-state index contributed by atoms with van der Waals surface area (Å²) in [5.41, 5.74) is 0.425. The smallest absolute Gasteiger partial charge is 0.244 e. The number of hydrogen-bond acceptors (Lipinski definition) is 6. The lowest BCUT2D eigenvalue weighted by molar-refractivity contribution is -0.118. The number of aromatic nitrogens is 3. The van der Waals surface area contributed by atoms with Crippen LogP contribution in [0.3, 0.4) is 0 Å². The fourth-order valence-corrected chi connectivity index (χ4v) is 4.13. The molecule has 1 aromatic carbocycles. The van der Waals surface area contributed by atoms with E-state index in [1.54, 1.807) is 24.3 Å². The topological polar surface area (TPSA) is 80.9 Å². The minimum atomic E-state index is -0.521. The first kappa shape index (κ1) is 16.0. The van der Waals surface area contributed by atoms with Crippen LogP contribution in [0.5, 0.6) is 0 Å². The summed E-state index contributed by atoms with van der Waals surface area (Å²) in [6, 6.07) is 7.93. The zero-order valence-electron chi connectivity index (χ0n) is 13.9. The highest BCUT2D eigenvalue weighted by Crippen LogP contribution is 2.37. The van der Waals surface area contributed by atoms with Gasteiger partial charge in [-0.3, -0.25) is 4.79 Å². The molecule has 0 saturated heterocycles. The molecule has 128 valence electrons. The van der Waals surface area contributed by atoms with Crippen LogP contribution in [-0.2, 0) is 10.3 Å². The molecule has 0 spiro atoms. The van der Waals surface area contributed by atoms with E-state index in [0.717, 1.165) is 40.9 Å². The van der Waals surface area contributed by atoms with E-state index in [-0.39, 0.29) is 5.91 Å². The molecule has 4 rings (SSSR count). The number of carbonyl (C=O) groups is 1. The number of para-hydroxylation sites is 1. The van der Waals surface area contributed by atoms with Gasteiger partial charge in [-0.2, -0.15) is 4.98 Å². The lowest BCUT2D eigenvalue weighted by Gasteiger charge is -2.25. The highest BCUT2D eigenvalue weighted by Gasteiger charge is 2.40. The van der Waals surface area contributed by atoms with E-state index in [4.69, 9.17) is 4.52 Å². The van der Waals surface area contributed by atoms with Gasteiger partial charge < -0.3 is 9.84 Å². The summed E-state index contributed by atoms with van der Waals surface area (Å²) in [6.45, 7) is 1.76. The van der Waals surface area contributed by atoms with Gasteiger partial charge in [0, 0.05) is 13.0 Å². The van der Waals surface area contributed by atoms with Crippen molar-refractivity contribution >= 4 is 33.5 Å². The number of amides is 1. The molecule has 3 aromatic rings. The number of hydrogen-bond donors (Lipinski definition) is 1. The van der Waals surface area contributed by atoms with Crippen LogP contribution in [0.4, 0.5) is 0 Å². The number of fused-ring (bicyclic) bond motifs is 1. The highest BCUT2D eigenvalue weighted by molar-refractivity contribution is 7.19. The Bertz CT molecular complexity index is 904. The predicted octanol–water partition coefficient (Wildman–Crippen LogP) is 3.59. The standard InChI is InChI=1S/C18H18N4O2S/c1-12-19-17(22-24-12)18(10-4-5-11-18)21-15(23)8-9-16-20-13-6-2-3-7-14(13)25-16/h2-3,6-9H,4-5,10-11H2,1H3,(H,21,23)/b9-8+. The Kier molecular flexibility index (Phi) is 4.09. The van der Waals surface area contributed by atoms with Crippen LogP contribution in [0.2, 0.25) is 0 Å². The minimum Gasteiger partial charge on any atom is -0.340 e. The van der Waals surface area contributed by atoms with Crippen molar-refractivity contribution in [2.24, 2.45) is 0 Å². The molecule has 6 nitrogen and oxygen atoms in total. The first-order valence-corrected chi connectivity index (χ1v) is 9.13. The Morgan fingerprint density at radius 3 is 2.80 bits per heavy atom. The van der Waals surface area contributed by atoms with Crippen molar-refractivity contribution in [3.8, 4) is 0 Å². The summed E-state index contributed by atoms with van der Waals surface area (Å²) < 4.78 is 6.22. The van der Waals surface area contributed by atoms with Gasteiger partial charge in [0.05, 0.1) is 10.2 Å². The largest absolute Gasteiger partial charge is 0.340 e. The molecule has 1 aliphatic carbocycles. The molecule has 7 heteroatoms. The van der Waals surface area contributed by atoms with Gasteiger partial charge in [-0.05, 0) is 31.1 Å². The van der Waals surface area contributed by atoms with Crippen molar-refractivity contribution in [3.63, 3.8) is 0 Å². The van der Waals surface area contributed by atoms with Crippen LogP contribution in [0.1, 0.15) is 42.4 Å². The summed E-state index contributed by atoms with van der Waals surface area (Å²) in [6.07, 6.45) is 7.01. The summed E-state index contributed by atoms with van der Waals surface area (Å²) >= 11 is 1.56. The molecule has 1 amide bonds. The van der Waals surface area contributed by atoms with Crippen molar-refractivity contribution in [1.82, 2.24) is 20.4 Å². The molecule has 1 saturated carbocycles. The summed E-state index contributed by atoms with van der Waals surface area (Å²) in [4.78, 5) is 21.3. The normalized spacial score (nSPS) is 16.7. The minimum absolute atomic E-state index is 0.163. The molecular formula is C18H18N4O2S. The fraction of sp³-hybridized carbons (Fsp3) is 0.333. The van der Waals surface area contributed by atoms with E-state index >= 15 is 0 Å². The van der Waals surface area contributed by atoms with Gasteiger partial charge in [0.2, 0.25) is 11.8 Å². The van der Waals surface area contributed by atoms with E-state index in [2.05, 4.69) is 20.4 Å². The van der Waals surface area contributed by atoms with Gasteiger partial charge in [-0.15, -0.1) is 11.3 Å². The second-order valence-corrected chi connectivity index (χ2v) is 7.33. The maximum absolute atomic E-state index is 12.5. The average molecular weight is 354 g/mol. The van der Waals surface area contributed by atoms with E-state index in [0.29, 0.717) is 11.7 Å². The molecule has 0 aliphatic heterocycles. The molecule has 0 bridgehead atoms. The van der Waals surface area contributed by atoms with Crippen LogP contribution >= 0.6 is 11.3 Å². The van der Waals surface area contributed by atoms with Crippen molar-refractivity contribution in [2.45, 2.75) is 38.1 Å². The van der Waals surface area contributed by atoms with Crippen LogP contribution in [-0.4, -0.2) is 21.0 Å². The summed E-state index contributed by atoms with van der Waals surface area (Å²) in [5, 5.41) is 7.94. The predicted molar refractivity (Wildman–Crippen MR) is 96.0 cm³/mol. The zero-order valence-corrected chi connectivity index (χ0v) is 14.7. The molecule has 1 aliphatic rings. The number of carbonyl (C=O) groups excluding carboxylic acids is 1. The maximum Gasteiger partial charge on any atom is 0.244 e. The molecule has 2 aromatic heterocycles. The third-order valence-electron chi connectivity index (χ3n) is 4.46. The van der Waals surface area contributed by atoms with E-state index in [1.165, 1.54) is 6.08 Å². The number of aryl methyl sites for hydroxylation is 1. The monoisotopic (exact) mass is 354 g/mol. The lowest BCUT2D eigenvalue weighted by atomic mass is 9.96. The van der Waals surface area contributed by atoms with Gasteiger partial charge in [-0.1, -0.05) is 30.1 Å². The number of benzene rings is 1. The third-order valence-corrected chi connectivity index (χ3v) is 5.46. The van der Waals surface area contributed by atoms with Crippen LogP contribution in [0, 0.1) is 6.92 Å². The van der Waals surface area contributed by atoms with Gasteiger partial charge in [0.1, 0.15) is 10.5 Å². The Labute approximate surface area is 149 Å². The highest BCUT2D eigenvalue weighted by atomic mass is 32.1. The molecular weight excluding hydrogens is 336 g/mol. The molecule has 2 heterocycles. The Morgan fingerprint density at radius 1 is 1.28 bits per heavy atom. The molecule has 1 fully saturated rings. The number of nitrogens with one attached hydrogen (secondary N) is 1. The fourth-order valence-electron chi connectivity index (χ4n) is 3.26. The Morgan fingerprint density at radius 2 is 2.08 bits per heavy atom. The van der Waals surface area contributed by atoms with E-state index in [9.17, 15) is 4.79 Å². The van der Waals surface area contributed by atoms with Crippen LogP contribution < -0.4 is 5.32 Å². The van der Waals surface area contributed by atoms with Gasteiger partial charge in [0.15, 0.2) is 5.82 Å². The van der Waals surface area contributed by atoms with Crippen molar-refractivity contribution < 1.29 is 9.32 Å².